The Bertz CT molecular complexity index is 868. The fraction of sp³-hybridized carbons (Fsp3) is 0.500. The molecular weight excluding hydrogens is 372 g/mol. The summed E-state index contributed by atoms with van der Waals surface area (Å²) in [6.07, 6.45) is 1.49. The van der Waals surface area contributed by atoms with Gasteiger partial charge in [-0.2, -0.15) is 10.2 Å². The molecule has 2 aromatic rings. The highest BCUT2D eigenvalue weighted by Crippen LogP contribution is 2.40. The number of rotatable bonds is 8. The summed E-state index contributed by atoms with van der Waals surface area (Å²) in [6, 6.07) is 14.7. The van der Waals surface area contributed by atoms with Crippen molar-refractivity contribution < 1.29 is 4.48 Å². The first-order chi connectivity index (χ1) is 14.2. The highest BCUT2D eigenvalue weighted by atomic mass is 15.4. The van der Waals surface area contributed by atoms with Crippen molar-refractivity contribution in [2.45, 2.75) is 26.4 Å². The summed E-state index contributed by atoms with van der Waals surface area (Å²) in [7, 11) is 11.0. The van der Waals surface area contributed by atoms with Crippen LogP contribution in [0, 0.1) is 0 Å². The van der Waals surface area contributed by atoms with E-state index >= 15 is 0 Å². The lowest BCUT2D eigenvalue weighted by Gasteiger charge is -2.30. The number of hydrogen-bond donors (Lipinski definition) is 0. The highest BCUT2D eigenvalue weighted by Gasteiger charge is 2.27. The molecule has 0 spiro atoms. The summed E-state index contributed by atoms with van der Waals surface area (Å²) >= 11 is 0. The van der Waals surface area contributed by atoms with Gasteiger partial charge in [-0.05, 0) is 55.8 Å². The van der Waals surface area contributed by atoms with Crippen LogP contribution in [0.15, 0.2) is 52.7 Å². The number of nitrogens with zero attached hydrogens (tertiary/aromatic N) is 6. The van der Waals surface area contributed by atoms with Gasteiger partial charge in [-0.15, -0.1) is 0 Å². The summed E-state index contributed by atoms with van der Waals surface area (Å²) in [5, 5.41) is 8.95. The van der Waals surface area contributed by atoms with Crippen LogP contribution in [0.4, 0.5) is 28.4 Å². The molecular formula is C24H37N6+. The van der Waals surface area contributed by atoms with Crippen molar-refractivity contribution in [1.82, 2.24) is 0 Å². The van der Waals surface area contributed by atoms with Crippen molar-refractivity contribution in [2.24, 2.45) is 10.2 Å². The van der Waals surface area contributed by atoms with E-state index in [4.69, 9.17) is 0 Å². The molecule has 162 valence electrons. The predicted octanol–water partition coefficient (Wildman–Crippen LogP) is 5.26. The van der Waals surface area contributed by atoms with Gasteiger partial charge < -0.3 is 19.2 Å². The number of likely N-dealkylation sites (N-methyl/N-ethyl adjacent to an activating group) is 1. The van der Waals surface area contributed by atoms with Crippen LogP contribution in [-0.4, -0.2) is 65.5 Å². The zero-order chi connectivity index (χ0) is 21.9. The van der Waals surface area contributed by atoms with E-state index in [1.807, 2.05) is 6.07 Å². The summed E-state index contributed by atoms with van der Waals surface area (Å²) in [4.78, 5) is 7.00. The van der Waals surface area contributed by atoms with E-state index in [1.165, 1.54) is 17.1 Å². The molecule has 6 heteroatoms. The quantitative estimate of drug-likeness (QED) is 0.441. The standard InChI is InChI=1S/C24H37N6/c1-8-15-29(16-17-30(5,6)7)22-12-9-20(10-13-22)25-26-21-11-14-23-24(18-21)28(4)19(2)27(23)3/h9-14,18-19H,8,15-17H2,1-7H3/q+1. The molecule has 0 saturated heterocycles. The molecule has 0 aliphatic carbocycles. The lowest BCUT2D eigenvalue weighted by molar-refractivity contribution is -0.868. The van der Waals surface area contributed by atoms with Crippen LogP contribution in [0.25, 0.3) is 0 Å². The lowest BCUT2D eigenvalue weighted by atomic mass is 10.2. The van der Waals surface area contributed by atoms with Gasteiger partial charge in [0, 0.05) is 26.3 Å². The van der Waals surface area contributed by atoms with Crippen LogP contribution in [0.5, 0.6) is 0 Å². The second-order valence-electron chi connectivity index (χ2n) is 9.24. The van der Waals surface area contributed by atoms with Gasteiger partial charge in [-0.1, -0.05) is 6.92 Å². The Morgan fingerprint density at radius 1 is 0.867 bits per heavy atom. The molecule has 0 aromatic heterocycles. The number of quaternary nitrogens is 1. The SMILES string of the molecule is CCCN(CC[N+](C)(C)C)c1ccc(N=Nc2ccc3c(c2)N(C)C(C)N3C)cc1. The minimum Gasteiger partial charge on any atom is -0.366 e. The van der Waals surface area contributed by atoms with Crippen LogP contribution in [-0.2, 0) is 0 Å². The minimum absolute atomic E-state index is 0.350. The molecule has 6 nitrogen and oxygen atoms in total. The number of fused-ring (bicyclic) bond motifs is 1. The Morgan fingerprint density at radius 2 is 1.47 bits per heavy atom. The maximum Gasteiger partial charge on any atom is 0.0982 e. The van der Waals surface area contributed by atoms with E-state index in [9.17, 15) is 0 Å². The molecule has 0 N–H and O–H groups in total. The number of benzene rings is 2. The van der Waals surface area contributed by atoms with E-state index in [0.29, 0.717) is 6.17 Å². The molecule has 0 bridgehead atoms. The molecule has 1 unspecified atom stereocenters. The third-order valence-electron chi connectivity index (χ3n) is 5.87. The Kier molecular flexibility index (Phi) is 6.66. The number of hydrogen-bond acceptors (Lipinski definition) is 5. The lowest BCUT2D eigenvalue weighted by Crippen LogP contribution is -2.42. The fourth-order valence-corrected chi connectivity index (χ4v) is 3.72. The van der Waals surface area contributed by atoms with E-state index in [2.05, 4.69) is 110 Å². The maximum atomic E-state index is 4.48. The van der Waals surface area contributed by atoms with Gasteiger partial charge in [0.2, 0.25) is 0 Å². The Hall–Kier alpha value is -2.60. The summed E-state index contributed by atoms with van der Waals surface area (Å²) < 4.78 is 0.969. The average Bonchev–Trinajstić information content (AvgIpc) is 2.93. The van der Waals surface area contributed by atoms with Gasteiger partial charge in [0.05, 0.1) is 63.1 Å². The van der Waals surface area contributed by atoms with E-state index in [1.54, 1.807) is 0 Å². The predicted molar refractivity (Wildman–Crippen MR) is 129 cm³/mol. The van der Waals surface area contributed by atoms with Gasteiger partial charge >= 0.3 is 0 Å². The van der Waals surface area contributed by atoms with Crippen LogP contribution < -0.4 is 14.7 Å². The molecule has 3 rings (SSSR count). The molecule has 0 fully saturated rings. The van der Waals surface area contributed by atoms with Gasteiger partial charge in [-0.25, -0.2) is 0 Å². The van der Waals surface area contributed by atoms with Crippen molar-refractivity contribution in [2.75, 3.05) is 69.6 Å². The first kappa shape index (κ1) is 22.1. The van der Waals surface area contributed by atoms with Gasteiger partial charge in [-0.3, -0.25) is 0 Å². The zero-order valence-corrected chi connectivity index (χ0v) is 19.6. The van der Waals surface area contributed by atoms with E-state index in [0.717, 1.165) is 41.9 Å². The molecule has 0 saturated carbocycles. The highest BCUT2D eigenvalue weighted by molar-refractivity contribution is 5.79. The average molecular weight is 410 g/mol. The normalized spacial score (nSPS) is 16.4. The molecule has 30 heavy (non-hydrogen) atoms. The van der Waals surface area contributed by atoms with Crippen LogP contribution >= 0.6 is 0 Å². The number of anilines is 3. The van der Waals surface area contributed by atoms with Crippen molar-refractivity contribution in [1.29, 1.82) is 0 Å². The van der Waals surface area contributed by atoms with E-state index in [-0.39, 0.29) is 0 Å². The largest absolute Gasteiger partial charge is 0.366 e. The molecule has 1 heterocycles. The third kappa shape index (κ3) is 5.11. The number of azo groups is 1. The Morgan fingerprint density at radius 3 is 2.10 bits per heavy atom. The molecule has 2 aromatic carbocycles. The monoisotopic (exact) mass is 409 g/mol. The maximum absolute atomic E-state index is 4.48. The van der Waals surface area contributed by atoms with Crippen LogP contribution in [0.3, 0.4) is 0 Å². The molecule has 1 aliphatic rings. The molecule has 0 radical (unpaired) electrons. The smallest absolute Gasteiger partial charge is 0.0982 e. The van der Waals surface area contributed by atoms with Crippen LogP contribution in [0.2, 0.25) is 0 Å². The van der Waals surface area contributed by atoms with Gasteiger partial charge in [0.25, 0.3) is 0 Å². The minimum atomic E-state index is 0.350. The van der Waals surface area contributed by atoms with Crippen molar-refractivity contribution in [3.05, 3.63) is 42.5 Å². The zero-order valence-electron chi connectivity index (χ0n) is 19.6. The summed E-state index contributed by atoms with van der Waals surface area (Å²) in [5.74, 6) is 0. The van der Waals surface area contributed by atoms with Gasteiger partial charge in [0.1, 0.15) is 0 Å². The van der Waals surface area contributed by atoms with Crippen molar-refractivity contribution in [3.8, 4) is 0 Å². The first-order valence-corrected chi connectivity index (χ1v) is 10.9. The van der Waals surface area contributed by atoms with Crippen molar-refractivity contribution >= 4 is 28.4 Å². The topological polar surface area (TPSA) is 34.4 Å². The molecule has 1 atom stereocenters. The van der Waals surface area contributed by atoms with Crippen LogP contribution in [0.1, 0.15) is 20.3 Å². The van der Waals surface area contributed by atoms with Crippen molar-refractivity contribution in [3.63, 3.8) is 0 Å². The summed E-state index contributed by atoms with van der Waals surface area (Å²) in [6.45, 7) is 7.66. The summed E-state index contributed by atoms with van der Waals surface area (Å²) in [5.41, 5.74) is 5.44. The third-order valence-corrected chi connectivity index (χ3v) is 5.87. The van der Waals surface area contributed by atoms with Gasteiger partial charge in [0.15, 0.2) is 0 Å². The molecule has 1 aliphatic heterocycles. The second-order valence-corrected chi connectivity index (χ2v) is 9.24. The Labute approximate surface area is 182 Å². The second kappa shape index (κ2) is 9.04. The van der Waals surface area contributed by atoms with E-state index < -0.39 is 0 Å². The fourth-order valence-electron chi connectivity index (χ4n) is 3.72. The Balaban J connectivity index is 1.70. The molecule has 0 amide bonds. The first-order valence-electron chi connectivity index (χ1n) is 10.9.